The molecule has 0 spiro atoms. The van der Waals surface area contributed by atoms with E-state index in [4.69, 9.17) is 9.15 Å². The van der Waals surface area contributed by atoms with E-state index < -0.39 is 0 Å². The molecule has 0 aliphatic heterocycles. The van der Waals surface area contributed by atoms with Gasteiger partial charge in [-0.1, -0.05) is 42.5 Å². The molecular formula is C20H18N2O3. The molecule has 5 nitrogen and oxygen atoms in total. The number of carbonyl (C=O) groups is 1. The summed E-state index contributed by atoms with van der Waals surface area (Å²) in [6.45, 7) is 2.23. The Labute approximate surface area is 145 Å². The molecule has 5 heteroatoms. The fourth-order valence-corrected chi connectivity index (χ4v) is 2.25. The van der Waals surface area contributed by atoms with Crippen LogP contribution in [0, 0.1) is 6.92 Å². The number of hydrogen-bond donors (Lipinski definition) is 1. The van der Waals surface area contributed by atoms with Gasteiger partial charge in [0.25, 0.3) is 5.91 Å². The van der Waals surface area contributed by atoms with Crippen LogP contribution in [-0.4, -0.2) is 12.1 Å². The molecule has 0 unspecified atom stereocenters. The minimum atomic E-state index is -0.344. The SMILES string of the molecule is Cc1ccc(/C=N\NC(=O)c2ccccc2OCc2ccccc2)o1. The molecule has 0 atom stereocenters. The maximum absolute atomic E-state index is 12.3. The second kappa shape index (κ2) is 7.97. The summed E-state index contributed by atoms with van der Waals surface area (Å²) in [7, 11) is 0. The van der Waals surface area contributed by atoms with Crippen molar-refractivity contribution in [3.05, 3.63) is 89.4 Å². The van der Waals surface area contributed by atoms with Gasteiger partial charge in [-0.05, 0) is 36.8 Å². The van der Waals surface area contributed by atoms with E-state index in [9.17, 15) is 4.79 Å². The van der Waals surface area contributed by atoms with Gasteiger partial charge in [-0.25, -0.2) is 5.43 Å². The van der Waals surface area contributed by atoms with Crippen molar-refractivity contribution in [1.82, 2.24) is 5.43 Å². The van der Waals surface area contributed by atoms with E-state index in [1.807, 2.05) is 49.4 Å². The topological polar surface area (TPSA) is 63.8 Å². The fraction of sp³-hybridized carbons (Fsp3) is 0.100. The van der Waals surface area contributed by atoms with Crippen LogP contribution in [-0.2, 0) is 6.61 Å². The van der Waals surface area contributed by atoms with E-state index >= 15 is 0 Å². The molecule has 0 bridgehead atoms. The molecule has 25 heavy (non-hydrogen) atoms. The molecule has 3 rings (SSSR count). The molecule has 0 saturated heterocycles. The summed E-state index contributed by atoms with van der Waals surface area (Å²) in [5.74, 6) is 1.52. The van der Waals surface area contributed by atoms with E-state index in [1.54, 1.807) is 24.3 Å². The number of nitrogens with one attached hydrogen (secondary N) is 1. The first kappa shape index (κ1) is 16.5. The molecule has 2 aromatic carbocycles. The fourth-order valence-electron chi connectivity index (χ4n) is 2.25. The lowest BCUT2D eigenvalue weighted by atomic mass is 10.2. The van der Waals surface area contributed by atoms with Crippen LogP contribution < -0.4 is 10.2 Å². The Balaban J connectivity index is 1.65. The Morgan fingerprint density at radius 2 is 1.84 bits per heavy atom. The number of benzene rings is 2. The molecule has 1 heterocycles. The minimum absolute atomic E-state index is 0.344. The Bertz CT molecular complexity index is 869. The zero-order chi connectivity index (χ0) is 17.5. The summed E-state index contributed by atoms with van der Waals surface area (Å²) < 4.78 is 11.1. The largest absolute Gasteiger partial charge is 0.488 e. The molecule has 3 aromatic rings. The summed E-state index contributed by atoms with van der Waals surface area (Å²) in [6.07, 6.45) is 1.46. The Morgan fingerprint density at radius 1 is 1.08 bits per heavy atom. The number of para-hydroxylation sites is 1. The number of hydrazone groups is 1. The van der Waals surface area contributed by atoms with Gasteiger partial charge in [0.1, 0.15) is 23.9 Å². The minimum Gasteiger partial charge on any atom is -0.488 e. The molecule has 0 fully saturated rings. The Hall–Kier alpha value is -3.34. The van der Waals surface area contributed by atoms with Crippen molar-refractivity contribution < 1.29 is 13.9 Å². The van der Waals surface area contributed by atoms with Crippen LogP contribution in [0.15, 0.2) is 76.2 Å². The van der Waals surface area contributed by atoms with Crippen LogP contribution in [0.25, 0.3) is 0 Å². The summed E-state index contributed by atoms with van der Waals surface area (Å²) >= 11 is 0. The lowest BCUT2D eigenvalue weighted by Crippen LogP contribution is -2.18. The third-order valence-electron chi connectivity index (χ3n) is 3.49. The third-order valence-corrected chi connectivity index (χ3v) is 3.49. The highest BCUT2D eigenvalue weighted by atomic mass is 16.5. The van der Waals surface area contributed by atoms with Crippen LogP contribution in [0.5, 0.6) is 5.75 Å². The lowest BCUT2D eigenvalue weighted by molar-refractivity contribution is 0.0950. The van der Waals surface area contributed by atoms with Gasteiger partial charge >= 0.3 is 0 Å². The monoisotopic (exact) mass is 334 g/mol. The predicted octanol–water partition coefficient (Wildman–Crippen LogP) is 3.93. The van der Waals surface area contributed by atoms with E-state index in [2.05, 4.69) is 10.5 Å². The first-order valence-corrected chi connectivity index (χ1v) is 7.88. The molecule has 0 radical (unpaired) electrons. The maximum Gasteiger partial charge on any atom is 0.275 e. The molecule has 0 aliphatic carbocycles. The van der Waals surface area contributed by atoms with Crippen molar-refractivity contribution in [2.45, 2.75) is 13.5 Å². The maximum atomic E-state index is 12.3. The number of amides is 1. The van der Waals surface area contributed by atoms with Gasteiger partial charge in [0, 0.05) is 0 Å². The number of furan rings is 1. The first-order chi connectivity index (χ1) is 12.2. The van der Waals surface area contributed by atoms with E-state index in [0.717, 1.165) is 11.3 Å². The molecule has 0 saturated carbocycles. The standard InChI is InChI=1S/C20H18N2O3/c1-15-11-12-17(25-15)13-21-22-20(23)18-9-5-6-10-19(18)24-14-16-7-3-2-4-8-16/h2-13H,14H2,1H3,(H,22,23)/b21-13-. The number of hydrogen-bond acceptors (Lipinski definition) is 4. The Morgan fingerprint density at radius 3 is 2.60 bits per heavy atom. The van der Waals surface area contributed by atoms with E-state index in [0.29, 0.717) is 23.7 Å². The number of nitrogens with zero attached hydrogens (tertiary/aromatic N) is 1. The van der Waals surface area contributed by atoms with Gasteiger partial charge in [0.2, 0.25) is 0 Å². The third kappa shape index (κ3) is 4.57. The summed E-state index contributed by atoms with van der Waals surface area (Å²) in [5, 5.41) is 3.92. The van der Waals surface area contributed by atoms with Crippen LogP contribution in [0.4, 0.5) is 0 Å². The average molecular weight is 334 g/mol. The second-order valence-corrected chi connectivity index (χ2v) is 5.42. The van der Waals surface area contributed by atoms with Gasteiger partial charge in [-0.3, -0.25) is 4.79 Å². The lowest BCUT2D eigenvalue weighted by Gasteiger charge is -2.10. The summed E-state index contributed by atoms with van der Waals surface area (Å²) in [5.41, 5.74) is 3.94. The number of rotatable bonds is 6. The highest BCUT2D eigenvalue weighted by Gasteiger charge is 2.11. The van der Waals surface area contributed by atoms with Gasteiger partial charge in [0.15, 0.2) is 0 Å². The van der Waals surface area contributed by atoms with Crippen molar-refractivity contribution in [2.75, 3.05) is 0 Å². The Kier molecular flexibility index (Phi) is 5.26. The van der Waals surface area contributed by atoms with Crippen molar-refractivity contribution in [3.63, 3.8) is 0 Å². The van der Waals surface area contributed by atoms with Crippen LogP contribution in [0.1, 0.15) is 27.4 Å². The van der Waals surface area contributed by atoms with Crippen LogP contribution in [0.2, 0.25) is 0 Å². The van der Waals surface area contributed by atoms with Crippen molar-refractivity contribution >= 4 is 12.1 Å². The quantitative estimate of drug-likeness (QED) is 0.549. The first-order valence-electron chi connectivity index (χ1n) is 7.88. The number of aryl methyl sites for hydroxylation is 1. The van der Waals surface area contributed by atoms with Crippen molar-refractivity contribution in [1.29, 1.82) is 0 Å². The summed E-state index contributed by atoms with van der Waals surface area (Å²) in [4.78, 5) is 12.3. The second-order valence-electron chi connectivity index (χ2n) is 5.42. The van der Waals surface area contributed by atoms with Crippen LogP contribution >= 0.6 is 0 Å². The molecule has 1 aromatic heterocycles. The highest BCUT2D eigenvalue weighted by Crippen LogP contribution is 2.19. The molecule has 1 N–H and O–H groups in total. The summed E-state index contributed by atoms with van der Waals surface area (Å²) in [6, 6.07) is 20.5. The smallest absolute Gasteiger partial charge is 0.275 e. The zero-order valence-electron chi connectivity index (χ0n) is 13.8. The van der Waals surface area contributed by atoms with Gasteiger partial charge in [0.05, 0.1) is 11.8 Å². The molecular weight excluding hydrogens is 316 g/mol. The number of ether oxygens (including phenoxy) is 1. The van der Waals surface area contributed by atoms with Crippen molar-refractivity contribution in [2.24, 2.45) is 5.10 Å². The highest BCUT2D eigenvalue weighted by molar-refractivity contribution is 5.97. The predicted molar refractivity (Wildman–Crippen MR) is 95.7 cm³/mol. The van der Waals surface area contributed by atoms with Crippen LogP contribution in [0.3, 0.4) is 0 Å². The van der Waals surface area contributed by atoms with Gasteiger partial charge in [-0.2, -0.15) is 5.10 Å². The van der Waals surface area contributed by atoms with Crippen molar-refractivity contribution in [3.8, 4) is 5.75 Å². The zero-order valence-corrected chi connectivity index (χ0v) is 13.8. The normalized spacial score (nSPS) is 10.8. The van der Waals surface area contributed by atoms with E-state index in [-0.39, 0.29) is 5.91 Å². The number of carbonyl (C=O) groups excluding carboxylic acids is 1. The molecule has 0 aliphatic rings. The molecule has 126 valence electrons. The average Bonchev–Trinajstić information content (AvgIpc) is 3.06. The van der Waals surface area contributed by atoms with E-state index in [1.165, 1.54) is 6.21 Å². The van der Waals surface area contributed by atoms with Gasteiger partial charge in [-0.15, -0.1) is 0 Å². The van der Waals surface area contributed by atoms with Gasteiger partial charge < -0.3 is 9.15 Å². The molecule has 1 amide bonds.